The van der Waals surface area contributed by atoms with Crippen LogP contribution in [0.2, 0.25) is 0 Å². The van der Waals surface area contributed by atoms with Gasteiger partial charge in [0, 0.05) is 23.9 Å². The maximum absolute atomic E-state index is 10.9. The molecule has 0 unspecified atom stereocenters. The Kier molecular flexibility index (Phi) is 2.83. The van der Waals surface area contributed by atoms with Crippen LogP contribution in [0.15, 0.2) is 42.6 Å². The van der Waals surface area contributed by atoms with Gasteiger partial charge in [0.2, 0.25) is 0 Å². The summed E-state index contributed by atoms with van der Waals surface area (Å²) in [4.78, 5) is 25.4. The van der Waals surface area contributed by atoms with Crippen molar-refractivity contribution in [2.24, 2.45) is 0 Å². The molecule has 21 heavy (non-hydrogen) atoms. The van der Waals surface area contributed by atoms with Gasteiger partial charge in [0.1, 0.15) is 0 Å². The van der Waals surface area contributed by atoms with Crippen LogP contribution in [0.25, 0.3) is 17.0 Å². The molecule has 3 aromatic rings. The van der Waals surface area contributed by atoms with Crippen LogP contribution in [0.4, 0.5) is 5.69 Å². The van der Waals surface area contributed by atoms with Crippen LogP contribution < -0.4 is 0 Å². The minimum absolute atomic E-state index is 0.0578. The Labute approximate surface area is 117 Å². The Bertz CT molecular complexity index is 871. The second-order valence-corrected chi connectivity index (χ2v) is 4.27. The monoisotopic (exact) mass is 284 g/mol. The number of carboxylic acid groups (broad SMARTS) is 1. The number of non-ortho nitro benzene ring substituents is 1. The van der Waals surface area contributed by atoms with Crippen molar-refractivity contribution >= 4 is 17.3 Å². The van der Waals surface area contributed by atoms with Gasteiger partial charge in [0.15, 0.2) is 11.5 Å². The van der Waals surface area contributed by atoms with E-state index in [2.05, 4.69) is 10.1 Å². The lowest BCUT2D eigenvalue weighted by atomic mass is 10.2. The number of aromatic carboxylic acids is 1. The summed E-state index contributed by atoms with van der Waals surface area (Å²) in [5, 5.41) is 23.8. The molecule has 0 fully saturated rings. The first kappa shape index (κ1) is 12.7. The lowest BCUT2D eigenvalue weighted by Gasteiger charge is -1.95. The average molecular weight is 284 g/mol. The smallest absolute Gasteiger partial charge is 0.337 e. The van der Waals surface area contributed by atoms with E-state index in [9.17, 15) is 14.9 Å². The summed E-state index contributed by atoms with van der Waals surface area (Å²) in [5.41, 5.74) is 0.974. The highest BCUT2D eigenvalue weighted by Gasteiger charge is 2.12. The van der Waals surface area contributed by atoms with Crippen LogP contribution in [0, 0.1) is 10.1 Å². The number of hydrogen-bond donors (Lipinski definition) is 1. The summed E-state index contributed by atoms with van der Waals surface area (Å²) < 4.78 is 1.33. The molecule has 0 amide bonds. The third-order valence-electron chi connectivity index (χ3n) is 2.89. The molecule has 2 heterocycles. The minimum atomic E-state index is -1.07. The van der Waals surface area contributed by atoms with E-state index in [1.165, 1.54) is 35.0 Å². The minimum Gasteiger partial charge on any atom is -0.478 e. The third-order valence-corrected chi connectivity index (χ3v) is 2.89. The van der Waals surface area contributed by atoms with E-state index >= 15 is 0 Å². The number of nitro benzene ring substituents is 1. The molecule has 0 aliphatic carbocycles. The number of carbonyl (C=O) groups is 1. The molecular formula is C13H8N4O4. The van der Waals surface area contributed by atoms with E-state index < -0.39 is 10.9 Å². The summed E-state index contributed by atoms with van der Waals surface area (Å²) in [6.45, 7) is 0. The highest BCUT2D eigenvalue weighted by Crippen LogP contribution is 2.21. The third kappa shape index (κ3) is 2.29. The van der Waals surface area contributed by atoms with Crippen LogP contribution in [0.1, 0.15) is 10.4 Å². The van der Waals surface area contributed by atoms with E-state index in [1.54, 1.807) is 12.1 Å². The molecule has 0 aliphatic rings. The maximum atomic E-state index is 10.9. The molecule has 0 saturated heterocycles. The number of nitrogens with zero attached hydrogens (tertiary/aromatic N) is 4. The van der Waals surface area contributed by atoms with Crippen molar-refractivity contribution in [1.82, 2.24) is 14.6 Å². The number of pyridine rings is 1. The van der Waals surface area contributed by atoms with Gasteiger partial charge in [-0.3, -0.25) is 10.1 Å². The maximum Gasteiger partial charge on any atom is 0.337 e. The van der Waals surface area contributed by atoms with Gasteiger partial charge in [-0.1, -0.05) is 12.1 Å². The second-order valence-electron chi connectivity index (χ2n) is 4.27. The Morgan fingerprint density at radius 1 is 1.29 bits per heavy atom. The van der Waals surface area contributed by atoms with Crippen LogP contribution in [-0.4, -0.2) is 30.6 Å². The zero-order valence-corrected chi connectivity index (χ0v) is 10.5. The van der Waals surface area contributed by atoms with Crippen molar-refractivity contribution < 1.29 is 14.8 Å². The predicted octanol–water partition coefficient (Wildman–Crippen LogP) is 2.00. The topological polar surface area (TPSA) is 111 Å². The highest BCUT2D eigenvalue weighted by atomic mass is 16.6. The van der Waals surface area contributed by atoms with Gasteiger partial charge in [0.05, 0.1) is 10.5 Å². The molecule has 1 aromatic carbocycles. The highest BCUT2D eigenvalue weighted by molar-refractivity contribution is 5.87. The van der Waals surface area contributed by atoms with Crippen LogP contribution in [-0.2, 0) is 0 Å². The lowest BCUT2D eigenvalue weighted by Crippen LogP contribution is -1.99. The van der Waals surface area contributed by atoms with E-state index in [1.807, 2.05) is 0 Å². The average Bonchev–Trinajstić information content (AvgIpc) is 2.90. The molecule has 1 N–H and O–H groups in total. The fourth-order valence-electron chi connectivity index (χ4n) is 1.89. The summed E-state index contributed by atoms with van der Waals surface area (Å²) >= 11 is 0. The Morgan fingerprint density at radius 2 is 2.10 bits per heavy atom. The normalized spacial score (nSPS) is 10.7. The molecule has 0 radical (unpaired) electrons. The molecule has 0 saturated carbocycles. The Hall–Kier alpha value is -3.29. The molecular weight excluding hydrogens is 276 g/mol. The fraction of sp³-hybridized carbons (Fsp3) is 0. The zero-order chi connectivity index (χ0) is 15.0. The summed E-state index contributed by atoms with van der Waals surface area (Å²) in [6, 6.07) is 8.89. The summed E-state index contributed by atoms with van der Waals surface area (Å²) in [5.74, 6) is -0.773. The van der Waals surface area contributed by atoms with E-state index in [0.717, 1.165) is 0 Å². The van der Waals surface area contributed by atoms with Crippen molar-refractivity contribution in [3.63, 3.8) is 0 Å². The predicted molar refractivity (Wildman–Crippen MR) is 72.0 cm³/mol. The number of nitro groups is 1. The number of aromatic nitrogens is 3. The molecule has 0 aliphatic heterocycles. The second kappa shape index (κ2) is 4.67. The molecule has 2 aromatic heterocycles. The molecule has 0 atom stereocenters. The first-order valence-electron chi connectivity index (χ1n) is 5.89. The van der Waals surface area contributed by atoms with Crippen LogP contribution in [0.3, 0.4) is 0 Å². The molecule has 8 heteroatoms. The number of hydrogen-bond acceptors (Lipinski definition) is 5. The van der Waals surface area contributed by atoms with E-state index in [0.29, 0.717) is 17.0 Å². The zero-order valence-electron chi connectivity index (χ0n) is 10.5. The van der Waals surface area contributed by atoms with Crippen molar-refractivity contribution in [3.05, 3.63) is 58.3 Å². The van der Waals surface area contributed by atoms with Gasteiger partial charge in [-0.25, -0.2) is 14.3 Å². The molecule has 8 nitrogen and oxygen atoms in total. The van der Waals surface area contributed by atoms with Crippen molar-refractivity contribution in [3.8, 4) is 11.4 Å². The van der Waals surface area contributed by atoms with Crippen molar-refractivity contribution in [2.75, 3.05) is 0 Å². The molecule has 104 valence electrons. The van der Waals surface area contributed by atoms with Gasteiger partial charge in [-0.15, -0.1) is 5.10 Å². The fourth-order valence-corrected chi connectivity index (χ4v) is 1.89. The first-order chi connectivity index (χ1) is 10.0. The van der Waals surface area contributed by atoms with Crippen molar-refractivity contribution in [2.45, 2.75) is 0 Å². The van der Waals surface area contributed by atoms with Gasteiger partial charge < -0.3 is 5.11 Å². The van der Waals surface area contributed by atoms with Gasteiger partial charge in [-0.2, -0.15) is 0 Å². The standard InChI is InChI=1S/C13H8N4O4/c18-13(19)9-4-5-11-14-12(15-16(11)7-9)8-2-1-3-10(6-8)17(20)21/h1-7H,(H,18,19). The molecule has 3 rings (SSSR count). The largest absolute Gasteiger partial charge is 0.478 e. The van der Waals surface area contributed by atoms with E-state index in [4.69, 9.17) is 5.11 Å². The van der Waals surface area contributed by atoms with Crippen LogP contribution >= 0.6 is 0 Å². The van der Waals surface area contributed by atoms with Gasteiger partial charge in [-0.05, 0) is 12.1 Å². The molecule has 0 bridgehead atoms. The van der Waals surface area contributed by atoms with E-state index in [-0.39, 0.29) is 11.3 Å². The van der Waals surface area contributed by atoms with Crippen LogP contribution in [0.5, 0.6) is 0 Å². The van der Waals surface area contributed by atoms with Gasteiger partial charge >= 0.3 is 5.97 Å². The summed E-state index contributed by atoms with van der Waals surface area (Å²) in [6.07, 6.45) is 1.34. The Balaban J connectivity index is 2.10. The lowest BCUT2D eigenvalue weighted by molar-refractivity contribution is -0.384. The number of fused-ring (bicyclic) bond motifs is 1. The quantitative estimate of drug-likeness (QED) is 0.581. The SMILES string of the molecule is O=C(O)c1ccc2nc(-c3cccc([N+](=O)[O-])c3)nn2c1. The first-order valence-corrected chi connectivity index (χ1v) is 5.89. The van der Waals surface area contributed by atoms with Crippen molar-refractivity contribution in [1.29, 1.82) is 0 Å². The number of carboxylic acids is 1. The number of benzene rings is 1. The molecule has 0 spiro atoms. The number of rotatable bonds is 3. The summed E-state index contributed by atoms with van der Waals surface area (Å²) in [7, 11) is 0. The van der Waals surface area contributed by atoms with Gasteiger partial charge in [0.25, 0.3) is 5.69 Å². The Morgan fingerprint density at radius 3 is 2.81 bits per heavy atom.